The van der Waals surface area contributed by atoms with E-state index in [1.54, 1.807) is 0 Å². The monoisotopic (exact) mass is 326 g/mol. The minimum absolute atomic E-state index is 0.795. The maximum atomic E-state index is 12.5. The quantitative estimate of drug-likeness (QED) is 0.475. The van der Waals surface area contributed by atoms with Crippen LogP contribution in [0.1, 0.15) is 20.7 Å². The molecule has 0 amide bonds. The van der Waals surface area contributed by atoms with Crippen molar-refractivity contribution in [3.8, 4) is 0 Å². The van der Waals surface area contributed by atoms with E-state index in [4.69, 9.17) is 0 Å². The van der Waals surface area contributed by atoms with Crippen LogP contribution in [0.3, 0.4) is 0 Å². The molecule has 10 heteroatoms. The van der Waals surface area contributed by atoms with E-state index in [9.17, 15) is 35.9 Å². The molecule has 0 heterocycles. The zero-order valence-electron chi connectivity index (χ0n) is 10.2. The second-order valence-corrected chi connectivity index (χ2v) is 3.39. The van der Waals surface area contributed by atoms with Gasteiger partial charge in [0.25, 0.3) is 0 Å². The van der Waals surface area contributed by atoms with Crippen molar-refractivity contribution in [3.05, 3.63) is 59.6 Å². The molecule has 0 N–H and O–H groups in total. The SMILES string of the molecule is O=C(OC(F)=C(F)F)c1ccccc1C(=O)OC(F)=C(F)F. The van der Waals surface area contributed by atoms with Crippen LogP contribution in [-0.4, -0.2) is 11.9 Å². The molecule has 0 saturated carbocycles. The van der Waals surface area contributed by atoms with Crippen LogP contribution < -0.4 is 0 Å². The average molecular weight is 326 g/mol. The first kappa shape index (κ1) is 17.3. The molecule has 0 bridgehead atoms. The van der Waals surface area contributed by atoms with Crippen molar-refractivity contribution in [2.45, 2.75) is 0 Å². The van der Waals surface area contributed by atoms with Gasteiger partial charge in [-0.25, -0.2) is 9.59 Å². The lowest BCUT2D eigenvalue weighted by atomic mass is 10.1. The number of halogens is 6. The Labute approximate surface area is 118 Å². The predicted molar refractivity (Wildman–Crippen MR) is 58.0 cm³/mol. The molecule has 0 aromatic heterocycles. The molecule has 0 spiro atoms. The number of hydrogen-bond acceptors (Lipinski definition) is 4. The number of rotatable bonds is 4. The van der Waals surface area contributed by atoms with Crippen molar-refractivity contribution >= 4 is 11.9 Å². The van der Waals surface area contributed by atoms with Crippen LogP contribution in [0.25, 0.3) is 0 Å². The Morgan fingerprint density at radius 1 is 0.682 bits per heavy atom. The Kier molecular flexibility index (Phi) is 5.72. The summed E-state index contributed by atoms with van der Waals surface area (Å²) in [7, 11) is 0. The van der Waals surface area contributed by atoms with E-state index in [1.165, 1.54) is 0 Å². The van der Waals surface area contributed by atoms with Crippen molar-refractivity contribution in [1.29, 1.82) is 0 Å². The summed E-state index contributed by atoms with van der Waals surface area (Å²) in [5, 5.41) is 0. The first-order chi connectivity index (χ1) is 10.2. The predicted octanol–water partition coefficient (Wildman–Crippen LogP) is 4.07. The molecule has 0 saturated heterocycles. The van der Waals surface area contributed by atoms with Gasteiger partial charge in [-0.2, -0.15) is 26.3 Å². The van der Waals surface area contributed by atoms with Gasteiger partial charge in [-0.05, 0) is 12.1 Å². The molecule has 0 fully saturated rings. The number of ether oxygens (including phenoxy) is 2. The molecular weight excluding hydrogens is 322 g/mol. The Bertz CT molecular complexity index is 602. The summed E-state index contributed by atoms with van der Waals surface area (Å²) >= 11 is 0. The summed E-state index contributed by atoms with van der Waals surface area (Å²) < 4.78 is 79.5. The summed E-state index contributed by atoms with van der Waals surface area (Å²) in [6.07, 6.45) is -5.86. The number of benzene rings is 1. The molecule has 0 aliphatic heterocycles. The molecule has 22 heavy (non-hydrogen) atoms. The fraction of sp³-hybridized carbons (Fsp3) is 0. The minimum Gasteiger partial charge on any atom is -0.391 e. The van der Waals surface area contributed by atoms with E-state index in [0.717, 1.165) is 24.3 Å². The van der Waals surface area contributed by atoms with Crippen LogP contribution in [0.4, 0.5) is 26.3 Å². The highest BCUT2D eigenvalue weighted by Crippen LogP contribution is 2.19. The lowest BCUT2D eigenvalue weighted by molar-refractivity contribution is 0.0456. The Hall–Kier alpha value is -2.78. The van der Waals surface area contributed by atoms with Gasteiger partial charge in [0.05, 0.1) is 11.1 Å². The van der Waals surface area contributed by atoms with Gasteiger partial charge >= 0.3 is 36.1 Å². The van der Waals surface area contributed by atoms with E-state index in [0.29, 0.717) is 0 Å². The van der Waals surface area contributed by atoms with E-state index in [2.05, 4.69) is 9.47 Å². The molecule has 1 rings (SSSR count). The highest BCUT2D eigenvalue weighted by atomic mass is 19.3. The normalized spacial score (nSPS) is 9.73. The molecule has 0 radical (unpaired) electrons. The number of carbonyl (C=O) groups is 2. The third kappa shape index (κ3) is 4.36. The molecule has 0 atom stereocenters. The number of carbonyl (C=O) groups excluding carboxylic acids is 2. The molecule has 118 valence electrons. The second-order valence-electron chi connectivity index (χ2n) is 3.39. The highest BCUT2D eigenvalue weighted by molar-refractivity contribution is 6.03. The van der Waals surface area contributed by atoms with Gasteiger partial charge in [0.1, 0.15) is 0 Å². The Morgan fingerprint density at radius 3 is 1.27 bits per heavy atom. The lowest BCUT2D eigenvalue weighted by Crippen LogP contribution is -2.13. The highest BCUT2D eigenvalue weighted by Gasteiger charge is 2.23. The largest absolute Gasteiger partial charge is 0.391 e. The average Bonchev–Trinajstić information content (AvgIpc) is 2.46. The summed E-state index contributed by atoms with van der Waals surface area (Å²) in [5.41, 5.74) is -1.59. The topological polar surface area (TPSA) is 52.6 Å². The standard InChI is InChI=1S/C12H4F6O4/c13-7(14)9(17)21-11(19)5-3-1-2-4-6(5)12(20)22-10(18)8(15)16/h1-4H. The summed E-state index contributed by atoms with van der Waals surface area (Å²) in [6.45, 7) is 0. The van der Waals surface area contributed by atoms with Crippen molar-refractivity contribution in [3.63, 3.8) is 0 Å². The summed E-state index contributed by atoms with van der Waals surface area (Å²) in [4.78, 5) is 22.8. The van der Waals surface area contributed by atoms with Gasteiger partial charge in [-0.3, -0.25) is 0 Å². The maximum absolute atomic E-state index is 12.5. The molecule has 0 aliphatic carbocycles. The second kappa shape index (κ2) is 7.29. The number of hydrogen-bond donors (Lipinski definition) is 0. The van der Waals surface area contributed by atoms with E-state index in [-0.39, 0.29) is 0 Å². The fourth-order valence-electron chi connectivity index (χ4n) is 1.19. The van der Waals surface area contributed by atoms with Crippen molar-refractivity contribution in [2.24, 2.45) is 0 Å². The van der Waals surface area contributed by atoms with Crippen LogP contribution in [0, 0.1) is 0 Å². The first-order valence-electron chi connectivity index (χ1n) is 5.19. The van der Waals surface area contributed by atoms with Crippen LogP contribution in [0.15, 0.2) is 48.5 Å². The first-order valence-corrected chi connectivity index (χ1v) is 5.19. The summed E-state index contributed by atoms with van der Waals surface area (Å²) in [5.74, 6) is -3.47. The van der Waals surface area contributed by atoms with Crippen molar-refractivity contribution < 1.29 is 45.4 Å². The number of esters is 2. The van der Waals surface area contributed by atoms with Gasteiger partial charge in [-0.1, -0.05) is 12.1 Å². The van der Waals surface area contributed by atoms with Crippen molar-refractivity contribution in [1.82, 2.24) is 0 Å². The van der Waals surface area contributed by atoms with Gasteiger partial charge < -0.3 is 9.47 Å². The van der Waals surface area contributed by atoms with Gasteiger partial charge in [0.2, 0.25) is 0 Å². The van der Waals surface area contributed by atoms with Gasteiger partial charge in [-0.15, -0.1) is 0 Å². The minimum atomic E-state index is -2.93. The maximum Gasteiger partial charge on any atom is 0.347 e. The van der Waals surface area contributed by atoms with E-state index >= 15 is 0 Å². The van der Waals surface area contributed by atoms with Crippen LogP contribution in [-0.2, 0) is 9.47 Å². The molecule has 1 aromatic rings. The van der Waals surface area contributed by atoms with Gasteiger partial charge in [0.15, 0.2) is 0 Å². The van der Waals surface area contributed by atoms with Crippen molar-refractivity contribution in [2.75, 3.05) is 0 Å². The molecule has 0 aliphatic rings. The van der Waals surface area contributed by atoms with Crippen LogP contribution in [0.2, 0.25) is 0 Å². The molecule has 4 nitrogen and oxygen atoms in total. The van der Waals surface area contributed by atoms with E-state index in [1.807, 2.05) is 0 Å². The van der Waals surface area contributed by atoms with Crippen LogP contribution in [0.5, 0.6) is 0 Å². The zero-order chi connectivity index (χ0) is 16.9. The van der Waals surface area contributed by atoms with Gasteiger partial charge in [0, 0.05) is 0 Å². The third-order valence-electron chi connectivity index (χ3n) is 2.03. The molecular formula is C12H4F6O4. The Morgan fingerprint density at radius 2 is 1.00 bits per heavy atom. The zero-order valence-corrected chi connectivity index (χ0v) is 10.2. The van der Waals surface area contributed by atoms with E-state index < -0.39 is 47.3 Å². The summed E-state index contributed by atoms with van der Waals surface area (Å²) in [6, 6.07) is -1.10. The molecule has 0 unspecified atom stereocenters. The lowest BCUT2D eigenvalue weighted by Gasteiger charge is -2.06. The fourth-order valence-corrected chi connectivity index (χ4v) is 1.19. The Balaban J connectivity index is 3.10. The molecule has 1 aromatic carbocycles. The smallest absolute Gasteiger partial charge is 0.347 e. The third-order valence-corrected chi connectivity index (χ3v) is 2.03. The van der Waals surface area contributed by atoms with Crippen LogP contribution >= 0.6 is 0 Å².